The third-order valence-corrected chi connectivity index (χ3v) is 3.87. The minimum Gasteiger partial charge on any atom is -0.462 e. The lowest BCUT2D eigenvalue weighted by Gasteiger charge is -2.09. The van der Waals surface area contributed by atoms with Crippen LogP contribution in [0.15, 0.2) is 54.6 Å². The maximum atomic E-state index is 12.2. The minimum atomic E-state index is -0.569. The molecule has 0 unspecified atom stereocenters. The normalized spacial score (nSPS) is 10.5. The second-order valence-electron chi connectivity index (χ2n) is 5.63. The largest absolute Gasteiger partial charge is 0.462 e. The number of esters is 2. The molecule has 5 heteroatoms. The Morgan fingerprint density at radius 1 is 0.846 bits per heavy atom. The van der Waals surface area contributed by atoms with Gasteiger partial charge in [0.05, 0.1) is 24.5 Å². The summed E-state index contributed by atoms with van der Waals surface area (Å²) in [5.41, 5.74) is 1.68. The highest BCUT2D eigenvalue weighted by atomic mass is 16.5. The average molecular weight is 349 g/mol. The average Bonchev–Trinajstić information content (AvgIpc) is 2.67. The first-order valence-corrected chi connectivity index (χ1v) is 8.48. The second-order valence-corrected chi connectivity index (χ2v) is 5.63. The summed E-state index contributed by atoms with van der Waals surface area (Å²) in [5, 5.41) is 2.15. The standard InChI is InChI=1S/C21H19NO4/c1-3-25-20(23)17-12-18(22-19(13-17)21(24)26-4-2)16-10-9-14-7-5-6-8-15(14)11-16/h5-13H,3-4H2,1-2H3. The molecule has 2 aromatic carbocycles. The van der Waals surface area contributed by atoms with Crippen molar-refractivity contribution in [1.29, 1.82) is 0 Å². The molecular formula is C21H19NO4. The molecular weight excluding hydrogens is 330 g/mol. The Bertz CT molecular complexity index is 929. The lowest BCUT2D eigenvalue weighted by molar-refractivity contribution is 0.0519. The summed E-state index contributed by atoms with van der Waals surface area (Å²) in [4.78, 5) is 28.7. The molecule has 0 fully saturated rings. The van der Waals surface area contributed by atoms with Crippen molar-refractivity contribution in [3.8, 4) is 11.3 Å². The molecule has 132 valence electrons. The zero-order valence-corrected chi connectivity index (χ0v) is 14.7. The van der Waals surface area contributed by atoms with Gasteiger partial charge in [-0.25, -0.2) is 14.6 Å². The number of benzene rings is 2. The molecule has 5 nitrogen and oxygen atoms in total. The number of hydrogen-bond donors (Lipinski definition) is 0. The quantitative estimate of drug-likeness (QED) is 0.644. The molecule has 3 aromatic rings. The topological polar surface area (TPSA) is 65.5 Å². The predicted octanol–water partition coefficient (Wildman–Crippen LogP) is 4.26. The van der Waals surface area contributed by atoms with Crippen LogP contribution in [-0.2, 0) is 9.47 Å². The Morgan fingerprint density at radius 2 is 1.54 bits per heavy atom. The van der Waals surface area contributed by atoms with Gasteiger partial charge in [-0.05, 0) is 42.8 Å². The number of pyridine rings is 1. The van der Waals surface area contributed by atoms with Gasteiger partial charge in [0.2, 0.25) is 0 Å². The number of ether oxygens (including phenoxy) is 2. The Labute approximate surface area is 151 Å². The third kappa shape index (κ3) is 3.72. The number of aromatic nitrogens is 1. The van der Waals surface area contributed by atoms with Crippen LogP contribution in [0.5, 0.6) is 0 Å². The van der Waals surface area contributed by atoms with E-state index in [1.807, 2.05) is 42.5 Å². The lowest BCUT2D eigenvalue weighted by atomic mass is 10.0. The summed E-state index contributed by atoms with van der Waals surface area (Å²) in [6.07, 6.45) is 0. The van der Waals surface area contributed by atoms with Crippen molar-refractivity contribution >= 4 is 22.7 Å². The summed E-state index contributed by atoms with van der Waals surface area (Å²) in [6.45, 7) is 3.93. The molecule has 0 atom stereocenters. The van der Waals surface area contributed by atoms with Gasteiger partial charge in [-0.15, -0.1) is 0 Å². The Balaban J connectivity index is 2.11. The molecule has 1 heterocycles. The molecule has 0 aliphatic rings. The van der Waals surface area contributed by atoms with E-state index in [4.69, 9.17) is 9.47 Å². The maximum absolute atomic E-state index is 12.2. The number of carbonyl (C=O) groups is 2. The smallest absolute Gasteiger partial charge is 0.356 e. The van der Waals surface area contributed by atoms with E-state index < -0.39 is 11.9 Å². The van der Waals surface area contributed by atoms with Gasteiger partial charge < -0.3 is 9.47 Å². The summed E-state index contributed by atoms with van der Waals surface area (Å²) in [6, 6.07) is 16.8. The van der Waals surface area contributed by atoms with Crippen LogP contribution in [-0.4, -0.2) is 30.1 Å². The molecule has 26 heavy (non-hydrogen) atoms. The van der Waals surface area contributed by atoms with Crippen LogP contribution in [0.4, 0.5) is 0 Å². The van der Waals surface area contributed by atoms with Crippen LogP contribution in [0.3, 0.4) is 0 Å². The van der Waals surface area contributed by atoms with E-state index in [2.05, 4.69) is 4.98 Å². The molecule has 0 radical (unpaired) electrons. The summed E-state index contributed by atoms with van der Waals surface area (Å²) in [5.74, 6) is -1.07. The SMILES string of the molecule is CCOC(=O)c1cc(C(=O)OCC)nc(-c2ccc3ccccc3c2)c1. The van der Waals surface area contributed by atoms with Gasteiger partial charge in [0.1, 0.15) is 5.69 Å². The van der Waals surface area contributed by atoms with Crippen molar-refractivity contribution in [3.63, 3.8) is 0 Å². The molecule has 0 saturated heterocycles. The highest BCUT2D eigenvalue weighted by molar-refractivity contribution is 5.96. The van der Waals surface area contributed by atoms with Gasteiger partial charge in [0.15, 0.2) is 0 Å². The highest BCUT2D eigenvalue weighted by Crippen LogP contribution is 2.25. The van der Waals surface area contributed by atoms with Crippen LogP contribution < -0.4 is 0 Å². The van der Waals surface area contributed by atoms with Crippen molar-refractivity contribution in [2.75, 3.05) is 13.2 Å². The van der Waals surface area contributed by atoms with E-state index in [0.29, 0.717) is 5.69 Å². The van der Waals surface area contributed by atoms with E-state index in [0.717, 1.165) is 16.3 Å². The van der Waals surface area contributed by atoms with Crippen molar-refractivity contribution < 1.29 is 19.1 Å². The Morgan fingerprint density at radius 3 is 2.27 bits per heavy atom. The molecule has 0 amide bonds. The summed E-state index contributed by atoms with van der Waals surface area (Å²) in [7, 11) is 0. The fourth-order valence-electron chi connectivity index (χ4n) is 2.67. The molecule has 1 aromatic heterocycles. The predicted molar refractivity (Wildman–Crippen MR) is 99.1 cm³/mol. The highest BCUT2D eigenvalue weighted by Gasteiger charge is 2.17. The van der Waals surface area contributed by atoms with Gasteiger partial charge in [0.25, 0.3) is 0 Å². The van der Waals surface area contributed by atoms with Crippen LogP contribution in [0.25, 0.3) is 22.0 Å². The first-order chi connectivity index (χ1) is 12.6. The van der Waals surface area contributed by atoms with E-state index in [9.17, 15) is 9.59 Å². The van der Waals surface area contributed by atoms with Gasteiger partial charge in [-0.1, -0.05) is 36.4 Å². The van der Waals surface area contributed by atoms with Crippen molar-refractivity contribution in [2.45, 2.75) is 13.8 Å². The van der Waals surface area contributed by atoms with Crippen molar-refractivity contribution in [1.82, 2.24) is 4.98 Å². The van der Waals surface area contributed by atoms with Crippen LogP contribution in [0.2, 0.25) is 0 Å². The van der Waals surface area contributed by atoms with Gasteiger partial charge in [-0.3, -0.25) is 0 Å². The fourth-order valence-corrected chi connectivity index (χ4v) is 2.67. The van der Waals surface area contributed by atoms with Gasteiger partial charge in [-0.2, -0.15) is 0 Å². The second kappa shape index (κ2) is 7.78. The number of fused-ring (bicyclic) bond motifs is 1. The molecule has 3 rings (SSSR count). The number of hydrogen-bond acceptors (Lipinski definition) is 5. The van der Waals surface area contributed by atoms with Crippen LogP contribution in [0.1, 0.15) is 34.7 Å². The lowest BCUT2D eigenvalue weighted by Crippen LogP contribution is -2.12. The molecule has 0 aliphatic carbocycles. The minimum absolute atomic E-state index is 0.0839. The summed E-state index contributed by atoms with van der Waals surface area (Å²) >= 11 is 0. The molecule has 0 bridgehead atoms. The number of nitrogens with zero attached hydrogens (tertiary/aromatic N) is 1. The third-order valence-electron chi connectivity index (χ3n) is 3.87. The fraction of sp³-hybridized carbons (Fsp3) is 0.190. The van der Waals surface area contributed by atoms with Gasteiger partial charge >= 0.3 is 11.9 Å². The Kier molecular flexibility index (Phi) is 5.27. The molecule has 0 aliphatic heterocycles. The molecule has 0 N–H and O–H groups in total. The summed E-state index contributed by atoms with van der Waals surface area (Å²) < 4.78 is 10.1. The van der Waals surface area contributed by atoms with E-state index >= 15 is 0 Å². The van der Waals surface area contributed by atoms with E-state index in [1.165, 1.54) is 6.07 Å². The van der Waals surface area contributed by atoms with Gasteiger partial charge in [0, 0.05) is 5.56 Å². The Hall–Kier alpha value is -3.21. The number of rotatable bonds is 5. The first-order valence-electron chi connectivity index (χ1n) is 8.48. The molecule has 0 saturated carbocycles. The van der Waals surface area contributed by atoms with E-state index in [1.54, 1.807) is 19.9 Å². The number of carbonyl (C=O) groups excluding carboxylic acids is 2. The zero-order chi connectivity index (χ0) is 18.5. The maximum Gasteiger partial charge on any atom is 0.356 e. The monoisotopic (exact) mass is 349 g/mol. The van der Waals surface area contributed by atoms with Crippen molar-refractivity contribution in [3.05, 3.63) is 65.9 Å². The van der Waals surface area contributed by atoms with E-state index in [-0.39, 0.29) is 24.5 Å². The zero-order valence-electron chi connectivity index (χ0n) is 14.7. The van der Waals surface area contributed by atoms with Crippen LogP contribution >= 0.6 is 0 Å². The first kappa shape index (κ1) is 17.6. The molecule has 0 spiro atoms. The van der Waals surface area contributed by atoms with Crippen molar-refractivity contribution in [2.24, 2.45) is 0 Å². The van der Waals surface area contributed by atoms with Crippen LogP contribution in [0, 0.1) is 0 Å².